The first-order valence-electron chi connectivity index (χ1n) is 8.07. The zero-order valence-electron chi connectivity index (χ0n) is 14.8. The average Bonchev–Trinajstić information content (AvgIpc) is 2.61. The van der Waals surface area contributed by atoms with E-state index in [2.05, 4.69) is 4.74 Å². The Hall–Kier alpha value is -2.64. The molecule has 0 aliphatic rings. The molecule has 0 aromatic heterocycles. The summed E-state index contributed by atoms with van der Waals surface area (Å²) in [6.07, 6.45) is 0. The number of halogens is 9. The van der Waals surface area contributed by atoms with Gasteiger partial charge in [0.05, 0.1) is 7.11 Å². The van der Waals surface area contributed by atoms with E-state index < -0.39 is 85.5 Å². The monoisotopic (exact) mass is 450 g/mol. The first kappa shape index (κ1) is 22.1. The number of ether oxygens (including phenoxy) is 1. The fourth-order valence-corrected chi connectivity index (χ4v) is 6.37. The van der Waals surface area contributed by atoms with Gasteiger partial charge in [-0.3, -0.25) is 0 Å². The lowest BCUT2D eigenvalue weighted by molar-refractivity contribution is 0.381. The molecule has 3 aromatic carbocycles. The summed E-state index contributed by atoms with van der Waals surface area (Å²) in [4.78, 5) is 0. The van der Waals surface area contributed by atoms with Gasteiger partial charge >= 0.3 is 14.1 Å². The molecule has 0 N–H and O–H groups in total. The van der Waals surface area contributed by atoms with E-state index in [1.807, 2.05) is 0 Å². The average molecular weight is 450 g/mol. The molecule has 0 atom stereocenters. The zero-order chi connectivity index (χ0) is 22.3. The Morgan fingerprint density at radius 1 is 0.533 bits per heavy atom. The minimum atomic E-state index is -4.47. The molecule has 0 bridgehead atoms. The summed E-state index contributed by atoms with van der Waals surface area (Å²) in [5.41, 5.74) is 0. The topological polar surface area (TPSA) is 9.23 Å². The van der Waals surface area contributed by atoms with Gasteiger partial charge in [0.25, 0.3) is 0 Å². The zero-order valence-corrected chi connectivity index (χ0v) is 15.9. The molecule has 0 aliphatic heterocycles. The Labute approximate surface area is 167 Å². The first-order chi connectivity index (χ1) is 14.1. The summed E-state index contributed by atoms with van der Waals surface area (Å²) in [5.74, 6) is -15.8. The van der Waals surface area contributed by atoms with Crippen LogP contribution in [-0.2, 0) is 0 Å². The quantitative estimate of drug-likeness (QED) is 0.336. The van der Waals surface area contributed by atoms with Gasteiger partial charge in [0.15, 0.2) is 17.5 Å². The van der Waals surface area contributed by atoms with Crippen molar-refractivity contribution in [2.45, 2.75) is 0 Å². The van der Waals surface area contributed by atoms with E-state index in [0.29, 0.717) is 0 Å². The Balaban J connectivity index is 2.53. The summed E-state index contributed by atoms with van der Waals surface area (Å²) in [5, 5.41) is 0. The van der Waals surface area contributed by atoms with E-state index in [4.69, 9.17) is 0 Å². The molecule has 3 aromatic rings. The smallest absolute Gasteiger partial charge is 0.413 e. The number of rotatable bonds is 4. The molecule has 0 fully saturated rings. The Morgan fingerprint density at radius 2 is 0.933 bits per heavy atom. The normalized spacial score (nSPS) is 11.0. The standard InChI is InChI=1S/C7H4F3O.2C6H2F3.Al/c1-11-7-3-5(9)4(8)2-6(7)10;2*7-4-1-5(8)3-6(9)2-4;/h2H,1H3;2*1-2H;. The summed E-state index contributed by atoms with van der Waals surface area (Å²) < 4.78 is 129. The van der Waals surface area contributed by atoms with E-state index >= 15 is 0 Å². The second-order valence-corrected chi connectivity index (χ2v) is 8.70. The molecule has 0 saturated carbocycles. The minimum absolute atomic E-state index is 0.0673. The number of hydrogen-bond donors (Lipinski definition) is 0. The minimum Gasteiger partial charge on any atom is -0.495 e. The van der Waals surface area contributed by atoms with Gasteiger partial charge < -0.3 is 4.74 Å². The molecule has 0 spiro atoms. The van der Waals surface area contributed by atoms with Gasteiger partial charge in [0, 0.05) is 30.3 Å². The molecule has 3 rings (SSSR count). The predicted octanol–water partition coefficient (Wildman–Crippen LogP) is 3.46. The first-order valence-corrected chi connectivity index (χ1v) is 9.80. The summed E-state index contributed by atoms with van der Waals surface area (Å²) in [7, 11) is 0.805. The lowest BCUT2D eigenvalue weighted by atomic mass is 10.3. The van der Waals surface area contributed by atoms with Crippen molar-refractivity contribution in [3.05, 3.63) is 82.7 Å². The molecule has 156 valence electrons. The van der Waals surface area contributed by atoms with Crippen LogP contribution < -0.4 is 18.0 Å². The van der Waals surface area contributed by atoms with E-state index in [1.165, 1.54) is 0 Å². The maximum atomic E-state index is 14.7. The van der Waals surface area contributed by atoms with Crippen LogP contribution >= 0.6 is 0 Å². The third-order valence-electron chi connectivity index (χ3n) is 4.32. The highest BCUT2D eigenvalue weighted by molar-refractivity contribution is 6.96. The SMILES string of the molecule is COc1c(F)cc(F)c(F)[c]1[Al]([c]1c(F)cc(F)cc1F)[c]1c(F)cc(F)cc1F. The highest BCUT2D eigenvalue weighted by Gasteiger charge is 2.42. The van der Waals surface area contributed by atoms with Crippen molar-refractivity contribution < 1.29 is 44.3 Å². The van der Waals surface area contributed by atoms with Crippen molar-refractivity contribution in [2.75, 3.05) is 7.11 Å². The third kappa shape index (κ3) is 3.75. The van der Waals surface area contributed by atoms with E-state index in [-0.39, 0.29) is 30.3 Å². The van der Waals surface area contributed by atoms with Crippen molar-refractivity contribution >= 4 is 27.4 Å². The van der Waals surface area contributed by atoms with E-state index in [0.717, 1.165) is 7.11 Å². The molecule has 0 saturated heterocycles. The van der Waals surface area contributed by atoms with Gasteiger partial charge in [0.1, 0.15) is 40.7 Å². The Bertz CT molecular complexity index is 1050. The second-order valence-electron chi connectivity index (χ2n) is 6.10. The van der Waals surface area contributed by atoms with Crippen molar-refractivity contribution in [3.63, 3.8) is 0 Å². The van der Waals surface area contributed by atoms with Crippen molar-refractivity contribution in [1.82, 2.24) is 0 Å². The van der Waals surface area contributed by atoms with Crippen LogP contribution in [0.3, 0.4) is 0 Å². The highest BCUT2D eigenvalue weighted by Crippen LogP contribution is 2.21. The van der Waals surface area contributed by atoms with Crippen LogP contribution in [0.15, 0.2) is 30.3 Å². The molecule has 0 aliphatic carbocycles. The van der Waals surface area contributed by atoms with Gasteiger partial charge in [0.2, 0.25) is 0 Å². The third-order valence-corrected chi connectivity index (χ3v) is 7.67. The molecule has 0 radical (unpaired) electrons. The predicted molar refractivity (Wildman–Crippen MR) is 90.2 cm³/mol. The van der Waals surface area contributed by atoms with Crippen LogP contribution in [-0.4, -0.2) is 21.3 Å². The van der Waals surface area contributed by atoms with Crippen LogP contribution in [0.1, 0.15) is 0 Å². The molecule has 0 unspecified atom stereocenters. The lowest BCUT2D eigenvalue weighted by Gasteiger charge is -2.20. The molecular weight excluding hydrogens is 442 g/mol. The number of hydrogen-bond acceptors (Lipinski definition) is 1. The largest absolute Gasteiger partial charge is 0.495 e. The molecule has 0 heterocycles. The fourth-order valence-electron chi connectivity index (χ4n) is 3.15. The van der Waals surface area contributed by atoms with Crippen LogP contribution in [0.25, 0.3) is 0 Å². The van der Waals surface area contributed by atoms with Crippen LogP contribution in [0.2, 0.25) is 0 Å². The van der Waals surface area contributed by atoms with Gasteiger partial charge in [-0.15, -0.1) is 0 Å². The van der Waals surface area contributed by atoms with Crippen molar-refractivity contribution in [3.8, 4) is 5.75 Å². The van der Waals surface area contributed by atoms with E-state index in [1.54, 1.807) is 0 Å². The summed E-state index contributed by atoms with van der Waals surface area (Å²) in [6.45, 7) is 0. The Morgan fingerprint density at radius 3 is 1.30 bits per heavy atom. The number of methoxy groups -OCH3 is 1. The maximum Gasteiger partial charge on any atom is 0.413 e. The highest BCUT2D eigenvalue weighted by atomic mass is 27.2. The van der Waals surface area contributed by atoms with Crippen molar-refractivity contribution in [2.24, 2.45) is 0 Å². The van der Waals surface area contributed by atoms with Gasteiger partial charge in [-0.2, -0.15) is 0 Å². The fraction of sp³-hybridized carbons (Fsp3) is 0.0526. The molecule has 30 heavy (non-hydrogen) atoms. The van der Waals surface area contributed by atoms with Gasteiger partial charge in [-0.05, 0) is 13.3 Å². The van der Waals surface area contributed by atoms with Crippen LogP contribution in [0, 0.1) is 52.4 Å². The number of benzene rings is 3. The molecular formula is C19H8AlF9O. The van der Waals surface area contributed by atoms with E-state index in [9.17, 15) is 39.5 Å². The van der Waals surface area contributed by atoms with Crippen LogP contribution in [0.5, 0.6) is 5.75 Å². The van der Waals surface area contributed by atoms with Gasteiger partial charge in [-0.25, -0.2) is 39.5 Å². The van der Waals surface area contributed by atoms with Crippen molar-refractivity contribution in [1.29, 1.82) is 0 Å². The summed E-state index contributed by atoms with van der Waals surface area (Å²) in [6, 6.07) is 0.670. The maximum absolute atomic E-state index is 14.7. The molecule has 0 amide bonds. The lowest BCUT2D eigenvalue weighted by Crippen LogP contribution is -2.58. The summed E-state index contributed by atoms with van der Waals surface area (Å²) >= 11 is -4.47. The molecule has 11 heteroatoms. The van der Waals surface area contributed by atoms with Gasteiger partial charge in [-0.1, -0.05) is 0 Å². The Kier molecular flexibility index (Phi) is 6.06. The van der Waals surface area contributed by atoms with Crippen LogP contribution in [0.4, 0.5) is 39.5 Å². The second kappa shape index (κ2) is 8.24. The molecule has 1 nitrogen and oxygen atoms in total.